The highest BCUT2D eigenvalue weighted by molar-refractivity contribution is 9.10. The summed E-state index contributed by atoms with van der Waals surface area (Å²) < 4.78 is 2.87. The van der Waals surface area contributed by atoms with Crippen LogP contribution in [0, 0.1) is 10.1 Å². The quantitative estimate of drug-likeness (QED) is 0.148. The van der Waals surface area contributed by atoms with E-state index in [0.29, 0.717) is 23.1 Å². The summed E-state index contributed by atoms with van der Waals surface area (Å²) in [6.45, 7) is 6.40. The Labute approximate surface area is 196 Å². The number of rotatable bonds is 9. The second-order valence-electron chi connectivity index (χ2n) is 6.79. The minimum Gasteiger partial charge on any atom is -0.298 e. The van der Waals surface area contributed by atoms with Crippen molar-refractivity contribution < 1.29 is 9.72 Å². The third-order valence-corrected chi connectivity index (χ3v) is 5.56. The van der Waals surface area contributed by atoms with Crippen LogP contribution >= 0.6 is 27.7 Å². The van der Waals surface area contributed by atoms with E-state index in [1.165, 1.54) is 30.1 Å². The molecule has 164 valence electrons. The molecule has 1 aromatic heterocycles. The third-order valence-electron chi connectivity index (χ3n) is 4.06. The number of nitro benzene ring substituents is 1. The smallest absolute Gasteiger partial charge is 0.270 e. The van der Waals surface area contributed by atoms with Crippen molar-refractivity contribution >= 4 is 45.5 Å². The molecule has 9 nitrogen and oxygen atoms in total. The molecule has 3 aromatic rings. The van der Waals surface area contributed by atoms with Crippen molar-refractivity contribution in [2.45, 2.75) is 18.6 Å². The van der Waals surface area contributed by atoms with Crippen LogP contribution in [0.5, 0.6) is 0 Å². The summed E-state index contributed by atoms with van der Waals surface area (Å²) in [6.07, 6.45) is 1.35. The van der Waals surface area contributed by atoms with Gasteiger partial charge in [-0.2, -0.15) is 5.10 Å². The Morgan fingerprint density at radius 1 is 1.31 bits per heavy atom. The van der Waals surface area contributed by atoms with Crippen LogP contribution in [0.1, 0.15) is 12.5 Å². The summed E-state index contributed by atoms with van der Waals surface area (Å²) in [6, 6.07) is 13.7. The fourth-order valence-corrected chi connectivity index (χ4v) is 3.67. The van der Waals surface area contributed by atoms with Crippen LogP contribution in [-0.4, -0.2) is 37.6 Å². The maximum Gasteiger partial charge on any atom is 0.270 e. The summed E-state index contributed by atoms with van der Waals surface area (Å²) in [5.41, 5.74) is 4.70. The van der Waals surface area contributed by atoms with Gasteiger partial charge in [-0.15, -0.1) is 10.2 Å². The number of hydrazone groups is 1. The Bertz CT molecular complexity index is 1180. The van der Waals surface area contributed by atoms with E-state index in [1.807, 2.05) is 35.8 Å². The van der Waals surface area contributed by atoms with Crippen molar-refractivity contribution in [1.29, 1.82) is 0 Å². The van der Waals surface area contributed by atoms with Gasteiger partial charge in [0, 0.05) is 34.3 Å². The minimum atomic E-state index is -0.490. The second-order valence-corrected chi connectivity index (χ2v) is 8.65. The zero-order chi connectivity index (χ0) is 23.1. The number of nitrogens with zero attached hydrogens (tertiary/aromatic N) is 5. The van der Waals surface area contributed by atoms with Gasteiger partial charge in [0.05, 0.1) is 16.9 Å². The maximum absolute atomic E-state index is 12.2. The van der Waals surface area contributed by atoms with Gasteiger partial charge in [0.25, 0.3) is 11.6 Å². The molecule has 3 rings (SSSR count). The zero-order valence-corrected chi connectivity index (χ0v) is 19.5. The first kappa shape index (κ1) is 23.4. The van der Waals surface area contributed by atoms with Gasteiger partial charge in [0.2, 0.25) is 0 Å². The van der Waals surface area contributed by atoms with Gasteiger partial charge in [0.1, 0.15) is 0 Å². The normalized spacial score (nSPS) is 10.9. The van der Waals surface area contributed by atoms with Gasteiger partial charge >= 0.3 is 0 Å². The highest BCUT2D eigenvalue weighted by Crippen LogP contribution is 2.26. The minimum absolute atomic E-state index is 0.0470. The largest absolute Gasteiger partial charge is 0.298 e. The Kier molecular flexibility index (Phi) is 7.90. The molecular formula is C21H19BrN6O3S. The number of allylic oxidation sites excluding steroid dienone is 1. The van der Waals surface area contributed by atoms with E-state index in [2.05, 4.69) is 43.2 Å². The van der Waals surface area contributed by atoms with Crippen LogP contribution in [0.3, 0.4) is 0 Å². The number of hydrogen-bond acceptors (Lipinski definition) is 7. The Balaban J connectivity index is 1.65. The molecule has 0 saturated heterocycles. The standard InChI is InChI=1S/C21H19BrN6O3S/c1-14(2)12-27-20(16-6-8-17(22)9-7-16)25-26-21(27)32-13-19(29)24-23-11-15-4-3-5-18(10-15)28(30)31/h3-11H,1,12-13H2,2H3,(H,24,29)/b23-11+. The molecular weight excluding hydrogens is 496 g/mol. The molecule has 0 aliphatic carbocycles. The molecule has 0 atom stereocenters. The Hall–Kier alpha value is -3.31. The van der Waals surface area contributed by atoms with Gasteiger partial charge in [-0.3, -0.25) is 19.5 Å². The number of non-ortho nitro benzene ring substituents is 1. The number of carbonyl (C=O) groups is 1. The third kappa shape index (κ3) is 6.34. The fourth-order valence-electron chi connectivity index (χ4n) is 2.68. The summed E-state index contributed by atoms with van der Waals surface area (Å²) in [5.74, 6) is 0.417. The number of amides is 1. The first-order chi connectivity index (χ1) is 15.3. The SMILES string of the molecule is C=C(C)Cn1c(SCC(=O)N/N=C/c2cccc([N+](=O)[O-])c2)nnc1-c1ccc(Br)cc1. The van der Waals surface area contributed by atoms with Crippen molar-refractivity contribution in [2.75, 3.05) is 5.75 Å². The molecule has 0 unspecified atom stereocenters. The van der Waals surface area contributed by atoms with E-state index in [9.17, 15) is 14.9 Å². The van der Waals surface area contributed by atoms with E-state index in [-0.39, 0.29) is 17.3 Å². The van der Waals surface area contributed by atoms with Crippen molar-refractivity contribution in [3.05, 3.63) is 80.8 Å². The fraction of sp³-hybridized carbons (Fsp3) is 0.143. The van der Waals surface area contributed by atoms with Crippen LogP contribution in [0.4, 0.5) is 5.69 Å². The molecule has 0 spiro atoms. The summed E-state index contributed by atoms with van der Waals surface area (Å²) in [5, 5.41) is 23.8. The number of thioether (sulfide) groups is 1. The zero-order valence-electron chi connectivity index (χ0n) is 17.1. The van der Waals surface area contributed by atoms with E-state index in [0.717, 1.165) is 15.6 Å². The molecule has 1 N–H and O–H groups in total. The number of carbonyl (C=O) groups excluding carboxylic acids is 1. The van der Waals surface area contributed by atoms with Gasteiger partial charge in [-0.1, -0.05) is 64.1 Å². The molecule has 0 radical (unpaired) electrons. The van der Waals surface area contributed by atoms with Crippen LogP contribution < -0.4 is 5.43 Å². The van der Waals surface area contributed by atoms with E-state index < -0.39 is 4.92 Å². The molecule has 32 heavy (non-hydrogen) atoms. The molecule has 0 aliphatic heterocycles. The maximum atomic E-state index is 12.2. The number of benzene rings is 2. The molecule has 1 heterocycles. The highest BCUT2D eigenvalue weighted by Gasteiger charge is 2.16. The average molecular weight is 515 g/mol. The van der Waals surface area contributed by atoms with Gasteiger partial charge in [0.15, 0.2) is 11.0 Å². The number of hydrogen-bond donors (Lipinski definition) is 1. The lowest BCUT2D eigenvalue weighted by Crippen LogP contribution is -2.20. The van der Waals surface area contributed by atoms with Crippen molar-refractivity contribution in [3.8, 4) is 11.4 Å². The first-order valence-corrected chi connectivity index (χ1v) is 11.1. The van der Waals surface area contributed by atoms with Gasteiger partial charge < -0.3 is 0 Å². The predicted molar refractivity (Wildman–Crippen MR) is 128 cm³/mol. The molecule has 0 aliphatic rings. The molecule has 0 bridgehead atoms. The molecule has 1 amide bonds. The number of aromatic nitrogens is 3. The van der Waals surface area contributed by atoms with Crippen molar-refractivity contribution in [2.24, 2.45) is 5.10 Å². The molecule has 0 saturated carbocycles. The summed E-state index contributed by atoms with van der Waals surface area (Å²) in [4.78, 5) is 22.5. The van der Waals surface area contributed by atoms with Gasteiger partial charge in [-0.25, -0.2) is 5.43 Å². The first-order valence-electron chi connectivity index (χ1n) is 9.36. The monoisotopic (exact) mass is 514 g/mol. The predicted octanol–water partition coefficient (Wildman–Crippen LogP) is 4.43. The average Bonchev–Trinajstić information content (AvgIpc) is 3.14. The Morgan fingerprint density at radius 2 is 2.06 bits per heavy atom. The molecule has 11 heteroatoms. The molecule has 2 aromatic carbocycles. The van der Waals surface area contributed by atoms with Crippen LogP contribution in [-0.2, 0) is 11.3 Å². The van der Waals surface area contributed by atoms with Crippen molar-refractivity contribution in [3.63, 3.8) is 0 Å². The topological polar surface area (TPSA) is 115 Å². The highest BCUT2D eigenvalue weighted by atomic mass is 79.9. The lowest BCUT2D eigenvalue weighted by molar-refractivity contribution is -0.384. The lowest BCUT2D eigenvalue weighted by Gasteiger charge is -2.10. The van der Waals surface area contributed by atoms with E-state index >= 15 is 0 Å². The van der Waals surface area contributed by atoms with Crippen LogP contribution in [0.25, 0.3) is 11.4 Å². The van der Waals surface area contributed by atoms with E-state index in [1.54, 1.807) is 12.1 Å². The number of nitro groups is 1. The number of nitrogens with one attached hydrogen (secondary N) is 1. The Morgan fingerprint density at radius 3 is 2.75 bits per heavy atom. The summed E-state index contributed by atoms with van der Waals surface area (Å²) in [7, 11) is 0. The van der Waals surface area contributed by atoms with Gasteiger partial charge in [-0.05, 0) is 19.1 Å². The lowest BCUT2D eigenvalue weighted by atomic mass is 10.2. The van der Waals surface area contributed by atoms with Crippen LogP contribution in [0.15, 0.2) is 75.4 Å². The number of halogens is 1. The summed E-state index contributed by atoms with van der Waals surface area (Å²) >= 11 is 4.65. The second kappa shape index (κ2) is 10.8. The van der Waals surface area contributed by atoms with Crippen LogP contribution in [0.2, 0.25) is 0 Å². The van der Waals surface area contributed by atoms with Crippen molar-refractivity contribution in [1.82, 2.24) is 20.2 Å². The molecule has 0 fully saturated rings. The van der Waals surface area contributed by atoms with E-state index in [4.69, 9.17) is 0 Å².